The van der Waals surface area contributed by atoms with Gasteiger partial charge in [-0.2, -0.15) is 0 Å². The van der Waals surface area contributed by atoms with Gasteiger partial charge in [0.2, 0.25) is 0 Å². The molecule has 0 amide bonds. The zero-order valence-corrected chi connectivity index (χ0v) is 34.6. The molecule has 0 fully saturated rings. The smallest absolute Gasteiger partial charge is 0.334 e. The Bertz CT molecular complexity index is 2460. The fourth-order valence-corrected chi connectivity index (χ4v) is 8.23. The van der Waals surface area contributed by atoms with Gasteiger partial charge >= 0.3 is 23.9 Å². The van der Waals surface area contributed by atoms with Crippen molar-refractivity contribution in [1.82, 2.24) is 19.9 Å². The first-order chi connectivity index (χ1) is 27.8. The third-order valence-corrected chi connectivity index (χ3v) is 11.7. The van der Waals surface area contributed by atoms with Crippen LogP contribution in [0.4, 0.5) is 0 Å². The van der Waals surface area contributed by atoms with Gasteiger partial charge in [-0.1, -0.05) is 51.0 Å². The number of ether oxygens (including phenoxy) is 4. The lowest BCUT2D eigenvalue weighted by Crippen LogP contribution is -2.42. The number of fused-ring (bicyclic) bond motifs is 11. The average Bonchev–Trinajstić information content (AvgIpc) is 3.87. The molecule has 2 N–H and O–H groups in total. The molecule has 1 aliphatic carbocycles. The summed E-state index contributed by atoms with van der Waals surface area (Å²) in [5, 5.41) is 0. The molecule has 2 aliphatic heterocycles. The summed E-state index contributed by atoms with van der Waals surface area (Å²) in [6.45, 7) is 14.3. The van der Waals surface area contributed by atoms with Crippen LogP contribution in [0, 0.1) is 19.8 Å². The van der Waals surface area contributed by atoms with Gasteiger partial charge in [0.15, 0.2) is 0 Å². The van der Waals surface area contributed by atoms with Crippen LogP contribution in [0.5, 0.6) is 0 Å². The second kappa shape index (κ2) is 17.2. The molecule has 0 unspecified atom stereocenters. The highest BCUT2D eigenvalue weighted by molar-refractivity contribution is 6.02. The van der Waals surface area contributed by atoms with E-state index in [2.05, 4.69) is 23.5 Å². The molecular formula is C46H52N4O8. The van der Waals surface area contributed by atoms with Gasteiger partial charge in [0.05, 0.1) is 68.1 Å². The van der Waals surface area contributed by atoms with E-state index in [4.69, 9.17) is 28.9 Å². The van der Waals surface area contributed by atoms with Crippen LogP contribution in [-0.2, 0) is 50.0 Å². The van der Waals surface area contributed by atoms with Gasteiger partial charge in [0.1, 0.15) is 5.92 Å². The van der Waals surface area contributed by atoms with Gasteiger partial charge in [-0.25, -0.2) is 9.78 Å². The minimum atomic E-state index is -1.18. The molecule has 304 valence electrons. The molecule has 12 nitrogen and oxygen atoms in total. The summed E-state index contributed by atoms with van der Waals surface area (Å²) < 4.78 is 21.2. The Balaban J connectivity index is 1.69. The third-order valence-electron chi connectivity index (χ3n) is 11.7. The molecule has 0 spiro atoms. The van der Waals surface area contributed by atoms with Crippen molar-refractivity contribution in [2.45, 2.75) is 85.0 Å². The molecule has 0 saturated carbocycles. The van der Waals surface area contributed by atoms with E-state index in [1.807, 2.05) is 58.0 Å². The lowest BCUT2D eigenvalue weighted by atomic mass is 9.64. The van der Waals surface area contributed by atoms with Crippen molar-refractivity contribution in [2.24, 2.45) is 5.92 Å². The van der Waals surface area contributed by atoms with E-state index in [1.54, 1.807) is 12.2 Å². The SMILES string of the molecule is C=Cc1c(C)c2cc3[nH]c(cc4nc(cc5nc(cc1[nH]2)[C@@]1(C)C5=CC=C(C(=O)OCCCCCC)[C@H]1C(=O)OC)C(C)=C4CC(=O)OC)c(CCC(=O)OC)c3C. The zero-order valence-electron chi connectivity index (χ0n) is 34.6. The summed E-state index contributed by atoms with van der Waals surface area (Å²) in [5.74, 6) is -3.02. The number of aromatic amines is 2. The Morgan fingerprint density at radius 3 is 2.22 bits per heavy atom. The third kappa shape index (κ3) is 7.67. The molecule has 6 rings (SSSR count). The molecule has 3 aromatic rings. The van der Waals surface area contributed by atoms with Gasteiger partial charge in [-0.3, -0.25) is 19.4 Å². The highest BCUT2D eigenvalue weighted by atomic mass is 16.5. The minimum absolute atomic E-state index is 0.0330. The van der Waals surface area contributed by atoms with Gasteiger partial charge in [0, 0.05) is 34.1 Å². The number of allylic oxidation sites excluding steroid dienone is 4. The van der Waals surface area contributed by atoms with E-state index in [0.717, 1.165) is 70.1 Å². The van der Waals surface area contributed by atoms with Crippen molar-refractivity contribution in [1.29, 1.82) is 0 Å². The van der Waals surface area contributed by atoms with Crippen LogP contribution in [0.3, 0.4) is 0 Å². The number of unbranched alkanes of at least 4 members (excludes halogenated alkanes) is 3. The van der Waals surface area contributed by atoms with E-state index in [9.17, 15) is 19.2 Å². The standard InChI is InChI=1S/C46H52N4O8/c1-10-12-13-14-19-58-44(53)30-15-17-32-39-22-35-27(5)31(20-42(52)56-8)37(48-35)23-36-29(16-18-41(51)55-7)26(4)34(47-36)21-33-25(3)28(11-2)38(49-33)24-40(50-39)46(32,6)43(30)45(54)57-9/h11,15,17,21-24,43,47,49H,2,10,12-14,16,18-20H2,1,3-9H3/t43-,46+/m0/s1. The van der Waals surface area contributed by atoms with E-state index in [0.29, 0.717) is 45.9 Å². The van der Waals surface area contributed by atoms with Crippen LogP contribution in [0.15, 0.2) is 48.6 Å². The number of aromatic nitrogens is 4. The largest absolute Gasteiger partial charge is 0.469 e. The number of methoxy groups -OCH3 is 3. The minimum Gasteiger partial charge on any atom is -0.469 e. The fraction of sp³-hybridized carbons (Fsp3) is 0.391. The fourth-order valence-electron chi connectivity index (χ4n) is 8.23. The van der Waals surface area contributed by atoms with E-state index < -0.39 is 29.2 Å². The number of hydrogen-bond acceptors (Lipinski definition) is 10. The van der Waals surface area contributed by atoms with Crippen LogP contribution in [0.1, 0.15) is 104 Å². The lowest BCUT2D eigenvalue weighted by molar-refractivity contribution is -0.149. The highest BCUT2D eigenvalue weighted by Gasteiger charge is 2.53. The number of rotatable bonds is 13. The molecule has 58 heavy (non-hydrogen) atoms. The zero-order chi connectivity index (χ0) is 41.9. The number of carbonyl (C=O) groups excluding carboxylic acids is 4. The molecule has 5 heterocycles. The Morgan fingerprint density at radius 2 is 1.53 bits per heavy atom. The predicted molar refractivity (Wildman–Crippen MR) is 224 cm³/mol. The first-order valence-electron chi connectivity index (χ1n) is 19.7. The van der Waals surface area contributed by atoms with E-state index in [-0.39, 0.29) is 31.0 Å². The quantitative estimate of drug-likeness (QED) is 0.0978. The summed E-state index contributed by atoms with van der Waals surface area (Å²) >= 11 is 0. The average molecular weight is 789 g/mol. The molecule has 2 atom stereocenters. The first kappa shape index (κ1) is 41.6. The Kier molecular flexibility index (Phi) is 12.3. The van der Waals surface area contributed by atoms with Gasteiger partial charge in [0.25, 0.3) is 0 Å². The molecule has 0 saturated heterocycles. The number of hydrogen-bond donors (Lipinski definition) is 2. The lowest BCUT2D eigenvalue weighted by Gasteiger charge is -2.36. The number of carbonyl (C=O) groups is 4. The Hall–Kier alpha value is -6.04. The molecule has 0 radical (unpaired) electrons. The number of nitrogens with one attached hydrogen (secondary N) is 2. The van der Waals surface area contributed by atoms with Crippen molar-refractivity contribution in [3.63, 3.8) is 0 Å². The number of nitrogens with zero attached hydrogens (tertiary/aromatic N) is 2. The Morgan fingerprint density at radius 1 is 0.810 bits per heavy atom. The van der Waals surface area contributed by atoms with Crippen LogP contribution in [0.2, 0.25) is 0 Å². The van der Waals surface area contributed by atoms with Crippen molar-refractivity contribution in [2.75, 3.05) is 27.9 Å². The maximum absolute atomic E-state index is 14.0. The summed E-state index contributed by atoms with van der Waals surface area (Å²) in [4.78, 5) is 70.3. The van der Waals surface area contributed by atoms with Gasteiger partial charge in [-0.15, -0.1) is 0 Å². The van der Waals surface area contributed by atoms with Crippen molar-refractivity contribution in [3.8, 4) is 0 Å². The summed E-state index contributed by atoms with van der Waals surface area (Å²) in [5.41, 5.74) is 9.92. The van der Waals surface area contributed by atoms with Crippen molar-refractivity contribution < 1.29 is 38.1 Å². The van der Waals surface area contributed by atoms with Crippen LogP contribution < -0.4 is 0 Å². The second-order valence-electron chi connectivity index (χ2n) is 15.1. The second-order valence-corrected chi connectivity index (χ2v) is 15.1. The van der Waals surface area contributed by atoms with Crippen LogP contribution >= 0.6 is 0 Å². The van der Waals surface area contributed by atoms with Gasteiger partial charge in [-0.05, 0) is 98.2 Å². The summed E-state index contributed by atoms with van der Waals surface area (Å²) in [6, 6.07) is 7.66. The van der Waals surface area contributed by atoms with Crippen molar-refractivity contribution in [3.05, 3.63) is 93.6 Å². The molecular weight excluding hydrogens is 737 g/mol. The first-order valence-corrected chi connectivity index (χ1v) is 19.7. The van der Waals surface area contributed by atoms with Crippen molar-refractivity contribution >= 4 is 68.7 Å². The van der Waals surface area contributed by atoms with Gasteiger partial charge < -0.3 is 28.9 Å². The number of esters is 4. The Labute approximate surface area is 338 Å². The van der Waals surface area contributed by atoms with Crippen LogP contribution in [-0.4, -0.2) is 71.7 Å². The number of aryl methyl sites for hydroxylation is 3. The van der Waals surface area contributed by atoms with E-state index >= 15 is 0 Å². The maximum Gasteiger partial charge on any atom is 0.334 e. The van der Waals surface area contributed by atoms with E-state index in [1.165, 1.54) is 21.3 Å². The summed E-state index contributed by atoms with van der Waals surface area (Å²) in [6.07, 6.45) is 9.52. The molecule has 0 aromatic carbocycles. The summed E-state index contributed by atoms with van der Waals surface area (Å²) in [7, 11) is 4.03. The predicted octanol–water partition coefficient (Wildman–Crippen LogP) is 8.37. The topological polar surface area (TPSA) is 163 Å². The maximum atomic E-state index is 14.0. The normalized spacial score (nSPS) is 17.2. The number of H-pyrrole nitrogens is 2. The molecule has 8 bridgehead atoms. The molecule has 12 heteroatoms. The van der Waals surface area contributed by atoms with Crippen LogP contribution in [0.25, 0.3) is 44.9 Å². The monoisotopic (exact) mass is 788 g/mol. The molecule has 3 aromatic heterocycles. The molecule has 3 aliphatic rings. The highest BCUT2D eigenvalue weighted by Crippen LogP contribution is 2.52.